The topological polar surface area (TPSA) is 226 Å². The van der Waals surface area contributed by atoms with Gasteiger partial charge in [0.2, 0.25) is 17.6 Å². The molecule has 49 heavy (non-hydrogen) atoms. The van der Waals surface area contributed by atoms with Gasteiger partial charge < -0.3 is 40.3 Å². The van der Waals surface area contributed by atoms with E-state index in [-0.39, 0.29) is 58.8 Å². The van der Waals surface area contributed by atoms with Crippen molar-refractivity contribution in [1.29, 1.82) is 0 Å². The van der Waals surface area contributed by atoms with E-state index in [1.807, 2.05) is 0 Å². The van der Waals surface area contributed by atoms with Gasteiger partial charge in [-0.25, -0.2) is 13.6 Å². The molecule has 0 radical (unpaired) electrons. The van der Waals surface area contributed by atoms with Crippen LogP contribution in [0.15, 0.2) is 95.2 Å². The zero-order chi connectivity index (χ0) is 35.8. The molecule has 6 N–H and O–H groups in total. The van der Waals surface area contributed by atoms with Crippen LogP contribution in [0.4, 0.5) is 8.78 Å². The molecule has 0 bridgehead atoms. The van der Waals surface area contributed by atoms with Gasteiger partial charge in [-0.1, -0.05) is 24.3 Å². The molecule has 3 aliphatic rings. The first-order valence-electron chi connectivity index (χ1n) is 14.6. The van der Waals surface area contributed by atoms with Gasteiger partial charge in [-0.2, -0.15) is 0 Å². The number of aliphatic hydroxyl groups excluding tert-OH is 1. The minimum atomic E-state index is -5.02. The fourth-order valence-electron chi connectivity index (χ4n) is 5.82. The van der Waals surface area contributed by atoms with Crippen molar-refractivity contribution >= 4 is 37.0 Å². The number of nitrogens with two attached hydrogens (primary N) is 1. The van der Waals surface area contributed by atoms with Crippen molar-refractivity contribution in [3.63, 3.8) is 0 Å². The Morgan fingerprint density at radius 2 is 1.80 bits per heavy atom. The highest BCUT2D eigenvalue weighted by atomic mass is 31.2. The molecule has 2 aromatic rings. The molecule has 5 rings (SSSR count). The maximum atomic E-state index is 14.9. The van der Waals surface area contributed by atoms with Crippen LogP contribution in [0, 0.1) is 5.41 Å². The quantitative estimate of drug-likeness (QED) is 0.214. The molecule has 2 amide bonds. The largest absolute Gasteiger partial charge is 0.746 e. The van der Waals surface area contributed by atoms with Gasteiger partial charge >= 0.3 is 13.8 Å². The summed E-state index contributed by atoms with van der Waals surface area (Å²) >= 11 is 0. The standard InChI is InChI=1S/C33H29F2N2O11P/c1-33-15-23(35)26(39)14-28(33)47-27-13-25(38)22(34)12-21(27)30(33)20-10-16(4-8-19(20)32(42)43)5-9-29(40)37-24(31(36)41)11-17-2-6-18(7-3-17)48-49(44,45)46/h2-4,6-8,10,12-14,24,39H,5,9,11,15H2,1H3,(H2,36,41)(H,37,40)(H,42,43)(H2,44,45,46)/p-1. The normalized spacial score (nSPS) is 20.4. The smallest absolute Gasteiger partial charge is 0.336 e. The first kappa shape index (κ1) is 35.0. The van der Waals surface area contributed by atoms with Crippen molar-refractivity contribution in [2.45, 2.75) is 38.6 Å². The van der Waals surface area contributed by atoms with E-state index in [1.165, 1.54) is 49.4 Å². The van der Waals surface area contributed by atoms with Crippen LogP contribution in [0.1, 0.15) is 46.8 Å². The molecule has 0 saturated heterocycles. The highest BCUT2D eigenvalue weighted by Crippen LogP contribution is 2.57. The van der Waals surface area contributed by atoms with Crippen LogP contribution >= 0.6 is 7.82 Å². The van der Waals surface area contributed by atoms with E-state index in [0.29, 0.717) is 11.1 Å². The second kappa shape index (κ2) is 13.3. The van der Waals surface area contributed by atoms with E-state index in [0.717, 1.165) is 18.2 Å². The van der Waals surface area contributed by atoms with Crippen LogP contribution in [0.25, 0.3) is 5.57 Å². The average Bonchev–Trinajstić information content (AvgIpc) is 3.00. The van der Waals surface area contributed by atoms with Crippen molar-refractivity contribution in [1.82, 2.24) is 5.32 Å². The Morgan fingerprint density at radius 1 is 1.12 bits per heavy atom. The van der Waals surface area contributed by atoms with E-state index in [4.69, 9.17) is 15.4 Å². The number of aryl methyl sites for hydroxylation is 1. The van der Waals surface area contributed by atoms with Crippen LogP contribution in [-0.4, -0.2) is 44.7 Å². The maximum Gasteiger partial charge on any atom is 0.336 e. The number of benzene rings is 2. The molecule has 1 heterocycles. The van der Waals surface area contributed by atoms with Gasteiger partial charge in [0.25, 0.3) is 0 Å². The fourth-order valence-corrected chi connectivity index (χ4v) is 6.21. The minimum Gasteiger partial charge on any atom is -0.746 e. The molecule has 13 nitrogen and oxygen atoms in total. The summed E-state index contributed by atoms with van der Waals surface area (Å²) in [5.41, 5.74) is 4.86. The molecule has 0 fully saturated rings. The van der Waals surface area contributed by atoms with Gasteiger partial charge in [0.1, 0.15) is 34.9 Å². The summed E-state index contributed by atoms with van der Waals surface area (Å²) in [6.45, 7) is 1.53. The molecule has 1 aliphatic heterocycles. The van der Waals surface area contributed by atoms with Crippen molar-refractivity contribution in [3.05, 3.63) is 117 Å². The van der Waals surface area contributed by atoms with Crippen LogP contribution in [0.5, 0.6) is 5.75 Å². The third kappa shape index (κ3) is 7.54. The molecule has 3 unspecified atom stereocenters. The molecule has 0 saturated carbocycles. The highest BCUT2D eigenvalue weighted by molar-refractivity contribution is 7.45. The minimum absolute atomic E-state index is 0.000475. The van der Waals surface area contributed by atoms with E-state index < -0.39 is 66.7 Å². The number of fused-ring (bicyclic) bond motifs is 2. The summed E-state index contributed by atoms with van der Waals surface area (Å²) in [4.78, 5) is 69.4. The number of primary amides is 1. The fraction of sp³-hybridized carbons (Fsp3) is 0.212. The summed E-state index contributed by atoms with van der Waals surface area (Å²) in [5.74, 6) is -6.91. The monoisotopic (exact) mass is 697 g/mol. The van der Waals surface area contributed by atoms with Crippen molar-refractivity contribution < 1.29 is 61.8 Å². The Hall–Kier alpha value is -5.37. The zero-order valence-corrected chi connectivity index (χ0v) is 26.5. The lowest BCUT2D eigenvalue weighted by Gasteiger charge is -2.42. The number of carbonyl (C=O) groups is 4. The molecule has 3 atom stereocenters. The first-order chi connectivity index (χ1) is 22.9. The number of amides is 2. The molecular weight excluding hydrogens is 669 g/mol. The number of carboxylic acid groups (broad SMARTS) is 1. The summed E-state index contributed by atoms with van der Waals surface area (Å²) in [6.07, 6.45) is 2.06. The van der Waals surface area contributed by atoms with Crippen molar-refractivity contribution in [2.75, 3.05) is 0 Å². The molecule has 16 heteroatoms. The number of aliphatic hydroxyl groups is 1. The number of aromatic carboxylic acids is 1. The van der Waals surface area contributed by atoms with E-state index >= 15 is 0 Å². The van der Waals surface area contributed by atoms with E-state index in [1.54, 1.807) is 0 Å². The number of carboxylic acids is 1. The van der Waals surface area contributed by atoms with Crippen LogP contribution in [-0.2, 0) is 36.5 Å². The molecule has 2 aliphatic carbocycles. The number of ether oxygens (including phenoxy) is 1. The third-order valence-corrected chi connectivity index (χ3v) is 8.60. The van der Waals surface area contributed by atoms with Crippen molar-refractivity contribution in [3.8, 4) is 5.75 Å². The molecule has 0 spiro atoms. The first-order valence-corrected chi connectivity index (χ1v) is 16.1. The number of rotatable bonds is 11. The van der Waals surface area contributed by atoms with Crippen LogP contribution in [0.3, 0.4) is 0 Å². The summed E-state index contributed by atoms with van der Waals surface area (Å²) in [6, 6.07) is 8.29. The predicted molar refractivity (Wildman–Crippen MR) is 165 cm³/mol. The molecule has 0 aromatic heterocycles. The number of nitrogens with one attached hydrogen (secondary N) is 1. The van der Waals surface area contributed by atoms with Crippen molar-refractivity contribution in [2.24, 2.45) is 11.1 Å². The Morgan fingerprint density at radius 3 is 2.43 bits per heavy atom. The van der Waals surface area contributed by atoms with Crippen LogP contribution in [0.2, 0.25) is 0 Å². The highest BCUT2D eigenvalue weighted by Gasteiger charge is 2.47. The van der Waals surface area contributed by atoms with Gasteiger partial charge in [-0.15, -0.1) is 0 Å². The molecular formula is C33H28F2N2O11P-. The third-order valence-electron chi connectivity index (χ3n) is 8.16. The number of ketones is 1. The lowest BCUT2D eigenvalue weighted by atomic mass is 9.67. The Balaban J connectivity index is 1.41. The second-order valence-corrected chi connectivity index (χ2v) is 12.8. The van der Waals surface area contributed by atoms with E-state index in [9.17, 15) is 47.6 Å². The number of allylic oxidation sites excluding steroid dienone is 6. The van der Waals surface area contributed by atoms with Gasteiger partial charge in [-0.3, -0.25) is 18.9 Å². The number of halogens is 2. The Labute approximate surface area is 277 Å². The van der Waals surface area contributed by atoms with E-state index in [2.05, 4.69) is 9.84 Å². The molecule has 256 valence electrons. The van der Waals surface area contributed by atoms with Gasteiger partial charge in [0.05, 0.1) is 11.0 Å². The summed E-state index contributed by atoms with van der Waals surface area (Å²) in [7, 11) is -5.02. The Kier molecular flexibility index (Phi) is 9.46. The average molecular weight is 698 g/mol. The lowest BCUT2D eigenvalue weighted by molar-refractivity contribution is -0.211. The predicted octanol–water partition coefficient (Wildman–Crippen LogP) is 3.51. The SMILES string of the molecule is CC12CC(F)=C(O)C=C1OC1=CC(=O)C(F)=CC1=C2c1cc(CCC(=O)NC(Cc2ccc(OP(=O)([O-])O)cc2)C(N)=O)ccc1C(=O)O. The van der Waals surface area contributed by atoms with Gasteiger partial charge in [0.15, 0.2) is 5.83 Å². The second-order valence-electron chi connectivity index (χ2n) is 11.7. The maximum absolute atomic E-state index is 14.9. The zero-order valence-electron chi connectivity index (χ0n) is 25.6. The lowest BCUT2D eigenvalue weighted by Crippen LogP contribution is -2.45. The number of phosphoric acid groups is 1. The summed E-state index contributed by atoms with van der Waals surface area (Å²) < 4.78 is 50.7. The number of hydrogen-bond donors (Lipinski definition) is 5. The molecule has 2 aromatic carbocycles. The summed E-state index contributed by atoms with van der Waals surface area (Å²) in [5, 5.41) is 22.7. The number of phosphoric ester groups is 1. The van der Waals surface area contributed by atoms with Gasteiger partial charge in [-0.05, 0) is 59.9 Å². The van der Waals surface area contributed by atoms with Gasteiger partial charge in [0, 0.05) is 37.0 Å². The number of carbonyl (C=O) groups excluding carboxylic acids is 3. The Bertz CT molecular complexity index is 1990. The van der Waals surface area contributed by atoms with Crippen LogP contribution < -0.4 is 20.5 Å². The number of hydrogen-bond acceptors (Lipinski definition) is 9.